The number of hydrogen-bond donors (Lipinski definition) is 0. The molecule has 5 rings (SSSR count). The van der Waals surface area contributed by atoms with Crippen molar-refractivity contribution in [1.82, 2.24) is 0 Å². The number of epoxide rings is 1. The molecule has 0 spiro atoms. The lowest BCUT2D eigenvalue weighted by Crippen LogP contribution is -1.98. The van der Waals surface area contributed by atoms with E-state index in [1.54, 1.807) is 60.7 Å². The van der Waals surface area contributed by atoms with E-state index in [-0.39, 0.29) is 29.7 Å². The molecule has 1 saturated heterocycles. The summed E-state index contributed by atoms with van der Waals surface area (Å²) in [5.41, 5.74) is 3.92. The van der Waals surface area contributed by atoms with Crippen molar-refractivity contribution >= 4 is 6.08 Å². The highest BCUT2D eigenvalue weighted by Crippen LogP contribution is 2.34. The molecule has 1 fully saturated rings. The molecule has 0 aliphatic carbocycles. The molecule has 1 aliphatic heterocycles. The minimum atomic E-state index is -0.890. The molecule has 1 atom stereocenters. The van der Waals surface area contributed by atoms with Crippen LogP contribution in [0.4, 0.5) is 13.2 Å². The molecule has 1 unspecified atom stereocenters. The molecule has 5 heteroatoms. The van der Waals surface area contributed by atoms with Crippen LogP contribution in [0.2, 0.25) is 0 Å². The Hall–Kier alpha value is -3.83. The molecule has 1 aliphatic rings. The normalized spacial score (nSPS) is 14.9. The molecule has 0 bridgehead atoms. The van der Waals surface area contributed by atoms with E-state index in [9.17, 15) is 13.2 Å². The lowest BCUT2D eigenvalue weighted by atomic mass is 9.97. The fourth-order valence-corrected chi connectivity index (χ4v) is 4.00. The molecule has 0 N–H and O–H groups in total. The van der Waals surface area contributed by atoms with Gasteiger partial charge in [0.2, 0.25) is 0 Å². The van der Waals surface area contributed by atoms with Crippen LogP contribution in [-0.2, 0) is 11.3 Å². The smallest absolute Gasteiger partial charge is 0.167 e. The summed E-state index contributed by atoms with van der Waals surface area (Å²) in [5, 5.41) is 0. The van der Waals surface area contributed by atoms with Crippen molar-refractivity contribution in [2.45, 2.75) is 19.6 Å². The van der Waals surface area contributed by atoms with Crippen molar-refractivity contribution in [2.75, 3.05) is 6.61 Å². The number of rotatable bonds is 7. The van der Waals surface area contributed by atoms with Gasteiger partial charge in [0.05, 0.1) is 6.61 Å². The first kappa shape index (κ1) is 22.9. The van der Waals surface area contributed by atoms with Crippen molar-refractivity contribution in [1.29, 1.82) is 0 Å². The van der Waals surface area contributed by atoms with Gasteiger partial charge in [-0.2, -0.15) is 0 Å². The Morgan fingerprint density at radius 2 is 1.43 bits per heavy atom. The van der Waals surface area contributed by atoms with E-state index < -0.39 is 11.6 Å². The number of ether oxygens (including phenoxy) is 2. The van der Waals surface area contributed by atoms with Gasteiger partial charge in [0, 0.05) is 22.8 Å². The third-order valence-electron chi connectivity index (χ3n) is 5.99. The van der Waals surface area contributed by atoms with E-state index in [0.29, 0.717) is 29.0 Å². The molecule has 176 valence electrons. The predicted molar refractivity (Wildman–Crippen MR) is 131 cm³/mol. The fraction of sp³-hybridized carbons (Fsp3) is 0.133. The zero-order valence-corrected chi connectivity index (χ0v) is 19.1. The molecule has 0 radical (unpaired) electrons. The summed E-state index contributed by atoms with van der Waals surface area (Å²) >= 11 is 0. The number of allylic oxidation sites excluding steroid dienone is 1. The number of hydrogen-bond acceptors (Lipinski definition) is 2. The first-order chi connectivity index (χ1) is 17.0. The maximum Gasteiger partial charge on any atom is 0.167 e. The van der Waals surface area contributed by atoms with Crippen LogP contribution in [0.15, 0.2) is 84.9 Å². The Morgan fingerprint density at radius 3 is 1.97 bits per heavy atom. The van der Waals surface area contributed by atoms with Gasteiger partial charge >= 0.3 is 0 Å². The van der Waals surface area contributed by atoms with Crippen molar-refractivity contribution in [3.63, 3.8) is 0 Å². The average molecular weight is 473 g/mol. The van der Waals surface area contributed by atoms with Crippen LogP contribution in [0.25, 0.3) is 28.3 Å². The molecule has 2 nitrogen and oxygen atoms in total. The zero-order chi connectivity index (χ0) is 24.4. The summed E-state index contributed by atoms with van der Waals surface area (Å²) in [4.78, 5) is 0. The van der Waals surface area contributed by atoms with Gasteiger partial charge in [-0.05, 0) is 41.3 Å². The highest BCUT2D eigenvalue weighted by molar-refractivity contribution is 5.72. The molecule has 0 saturated carbocycles. The molecule has 4 aromatic rings. The molecule has 0 aromatic heterocycles. The number of halogens is 3. The SMILES string of the molecule is C/C=C/c1ccc(-c2ccc(-c3ccc(COc4ccc(C5CO5)c(F)c4)cc3)c(F)c2F)cc1. The summed E-state index contributed by atoms with van der Waals surface area (Å²) in [6.45, 7) is 2.69. The van der Waals surface area contributed by atoms with Crippen LogP contribution >= 0.6 is 0 Å². The van der Waals surface area contributed by atoms with Crippen LogP contribution in [0.1, 0.15) is 29.7 Å². The van der Waals surface area contributed by atoms with Gasteiger partial charge in [0.15, 0.2) is 11.6 Å². The second-order valence-corrected chi connectivity index (χ2v) is 8.40. The first-order valence-electron chi connectivity index (χ1n) is 11.4. The van der Waals surface area contributed by atoms with Crippen molar-refractivity contribution < 1.29 is 22.6 Å². The first-order valence-corrected chi connectivity index (χ1v) is 11.4. The summed E-state index contributed by atoms with van der Waals surface area (Å²) in [6, 6.07) is 22.2. The molecule has 4 aromatic carbocycles. The lowest BCUT2D eigenvalue weighted by molar-refractivity contribution is 0.304. The third kappa shape index (κ3) is 5.00. The lowest BCUT2D eigenvalue weighted by Gasteiger charge is -2.11. The standard InChI is InChI=1S/C30H23F3O2/c1-2-3-19-4-8-21(9-5-19)24-14-15-25(30(33)29(24)32)22-10-6-20(7-11-22)17-34-23-12-13-26(27(31)16-23)28-18-35-28/h2-16,28H,17-18H2,1H3/b3-2+. The van der Waals surface area contributed by atoms with Crippen molar-refractivity contribution in [3.05, 3.63) is 119 Å². The van der Waals surface area contributed by atoms with Crippen molar-refractivity contribution in [3.8, 4) is 28.0 Å². The quantitative estimate of drug-likeness (QED) is 0.253. The van der Waals surface area contributed by atoms with Crippen molar-refractivity contribution in [2.24, 2.45) is 0 Å². The molecule has 0 amide bonds. The van der Waals surface area contributed by atoms with E-state index in [1.807, 2.05) is 31.2 Å². The highest BCUT2D eigenvalue weighted by atomic mass is 19.2. The predicted octanol–water partition coefficient (Wildman–Crippen LogP) is 8.12. The Morgan fingerprint density at radius 1 is 0.829 bits per heavy atom. The average Bonchev–Trinajstić information content (AvgIpc) is 3.71. The molecular formula is C30H23F3O2. The minimum absolute atomic E-state index is 0.153. The Bertz CT molecular complexity index is 1370. The van der Waals surface area contributed by atoms with E-state index >= 15 is 0 Å². The monoisotopic (exact) mass is 472 g/mol. The Kier molecular flexibility index (Phi) is 6.43. The van der Waals surface area contributed by atoms with E-state index in [1.165, 1.54) is 6.07 Å². The van der Waals surface area contributed by atoms with E-state index in [2.05, 4.69) is 0 Å². The second kappa shape index (κ2) is 9.80. The minimum Gasteiger partial charge on any atom is -0.489 e. The maximum atomic E-state index is 15.0. The molecular weight excluding hydrogens is 449 g/mol. The van der Waals surface area contributed by atoms with Gasteiger partial charge < -0.3 is 9.47 Å². The van der Waals surface area contributed by atoms with E-state index in [0.717, 1.165) is 11.1 Å². The second-order valence-electron chi connectivity index (χ2n) is 8.40. The zero-order valence-electron chi connectivity index (χ0n) is 19.1. The summed E-state index contributed by atoms with van der Waals surface area (Å²) in [5.74, 6) is -1.71. The van der Waals surface area contributed by atoms with Gasteiger partial charge in [-0.25, -0.2) is 13.2 Å². The maximum absolute atomic E-state index is 15.0. The topological polar surface area (TPSA) is 21.8 Å². The number of benzene rings is 4. The van der Waals surface area contributed by atoms with Gasteiger partial charge in [0.25, 0.3) is 0 Å². The van der Waals surface area contributed by atoms with Crippen LogP contribution in [-0.4, -0.2) is 6.61 Å². The Balaban J connectivity index is 1.29. The molecule has 1 heterocycles. The van der Waals surface area contributed by atoms with Gasteiger partial charge in [-0.3, -0.25) is 0 Å². The largest absolute Gasteiger partial charge is 0.489 e. The fourth-order valence-electron chi connectivity index (χ4n) is 4.00. The Labute approximate surface area is 202 Å². The van der Waals surface area contributed by atoms with Crippen LogP contribution < -0.4 is 4.74 Å². The third-order valence-corrected chi connectivity index (χ3v) is 5.99. The molecule has 35 heavy (non-hydrogen) atoms. The van der Waals surface area contributed by atoms with Crippen LogP contribution in [0, 0.1) is 17.5 Å². The van der Waals surface area contributed by atoms with Gasteiger partial charge in [-0.1, -0.05) is 72.8 Å². The van der Waals surface area contributed by atoms with Crippen LogP contribution in [0.5, 0.6) is 5.75 Å². The van der Waals surface area contributed by atoms with E-state index in [4.69, 9.17) is 9.47 Å². The van der Waals surface area contributed by atoms with Gasteiger partial charge in [-0.15, -0.1) is 0 Å². The van der Waals surface area contributed by atoms with Crippen LogP contribution in [0.3, 0.4) is 0 Å². The highest BCUT2D eigenvalue weighted by Gasteiger charge is 2.27. The van der Waals surface area contributed by atoms with Gasteiger partial charge in [0.1, 0.15) is 24.3 Å². The summed E-state index contributed by atoms with van der Waals surface area (Å²) in [7, 11) is 0. The summed E-state index contributed by atoms with van der Waals surface area (Å²) < 4.78 is 54.9. The summed E-state index contributed by atoms with van der Waals surface area (Å²) in [6.07, 6.45) is 3.71.